The second-order valence-corrected chi connectivity index (χ2v) is 10.1. The molecule has 0 heterocycles. The number of phenolic OH excluding ortho intramolecular Hbond substituents is 2. The number of carboxylic acid groups (broad SMARTS) is 2. The summed E-state index contributed by atoms with van der Waals surface area (Å²) in [7, 11) is 0. The maximum atomic E-state index is 13.4. The molecule has 5 atom stereocenters. The van der Waals surface area contributed by atoms with Crippen LogP contribution in [0.2, 0.25) is 0 Å². The van der Waals surface area contributed by atoms with Crippen LogP contribution in [0.3, 0.4) is 0 Å². The molecule has 0 bridgehead atoms. The van der Waals surface area contributed by atoms with Crippen molar-refractivity contribution in [1.29, 1.82) is 0 Å². The SMILES string of the molecule is CCC(C)C(N)C(=O)NC(CCC(=O)O)C(=O)NC(Cc1ccc(O)cc1)C(=O)NC(Cc1ccc(O)cc1)C(=O)O. The Morgan fingerprint density at radius 1 is 0.714 bits per heavy atom. The molecule has 0 saturated carbocycles. The minimum absolute atomic E-state index is 0.0130. The molecule has 0 aliphatic rings. The van der Waals surface area contributed by atoms with Crippen molar-refractivity contribution in [1.82, 2.24) is 16.0 Å². The molecule has 0 radical (unpaired) electrons. The topological polar surface area (TPSA) is 228 Å². The number of carbonyl (C=O) groups excluding carboxylic acids is 3. The van der Waals surface area contributed by atoms with Crippen LogP contribution in [0.25, 0.3) is 0 Å². The number of carbonyl (C=O) groups is 5. The predicted molar refractivity (Wildman–Crippen MR) is 151 cm³/mol. The van der Waals surface area contributed by atoms with Crippen molar-refractivity contribution >= 4 is 29.7 Å². The third-order valence-electron chi connectivity index (χ3n) is 6.84. The van der Waals surface area contributed by atoms with Gasteiger partial charge in [0.2, 0.25) is 17.7 Å². The summed E-state index contributed by atoms with van der Waals surface area (Å²) < 4.78 is 0. The van der Waals surface area contributed by atoms with Gasteiger partial charge in [-0.3, -0.25) is 19.2 Å². The zero-order valence-electron chi connectivity index (χ0n) is 23.4. The number of benzene rings is 2. The van der Waals surface area contributed by atoms with E-state index in [1.54, 1.807) is 6.92 Å². The van der Waals surface area contributed by atoms with Gasteiger partial charge in [0.05, 0.1) is 6.04 Å². The van der Waals surface area contributed by atoms with Crippen LogP contribution in [-0.2, 0) is 36.8 Å². The molecular formula is C29H38N4O9. The average molecular weight is 587 g/mol. The van der Waals surface area contributed by atoms with Crippen LogP contribution < -0.4 is 21.7 Å². The van der Waals surface area contributed by atoms with E-state index in [1.807, 2.05) is 6.92 Å². The first-order chi connectivity index (χ1) is 19.8. The third-order valence-corrected chi connectivity index (χ3v) is 6.84. The van der Waals surface area contributed by atoms with Crippen LogP contribution in [0.4, 0.5) is 0 Å². The molecule has 0 spiro atoms. The number of phenols is 2. The molecule has 0 saturated heterocycles. The lowest BCUT2D eigenvalue weighted by atomic mass is 9.98. The van der Waals surface area contributed by atoms with Crippen molar-refractivity contribution in [2.45, 2.75) is 70.1 Å². The summed E-state index contributed by atoms with van der Waals surface area (Å²) in [6.07, 6.45) is -0.391. The van der Waals surface area contributed by atoms with Gasteiger partial charge in [-0.1, -0.05) is 44.5 Å². The van der Waals surface area contributed by atoms with Gasteiger partial charge in [0.15, 0.2) is 0 Å². The van der Waals surface area contributed by atoms with E-state index in [0.717, 1.165) is 0 Å². The molecule has 0 aliphatic carbocycles. The Bertz CT molecular complexity index is 1230. The number of aliphatic carboxylic acids is 2. The van der Waals surface area contributed by atoms with Crippen molar-refractivity contribution in [3.63, 3.8) is 0 Å². The number of hydrogen-bond donors (Lipinski definition) is 8. The van der Waals surface area contributed by atoms with Gasteiger partial charge in [0, 0.05) is 19.3 Å². The Kier molecular flexibility index (Phi) is 12.8. The van der Waals surface area contributed by atoms with E-state index in [1.165, 1.54) is 48.5 Å². The van der Waals surface area contributed by atoms with E-state index in [9.17, 15) is 39.3 Å². The molecule has 0 fully saturated rings. The van der Waals surface area contributed by atoms with Crippen molar-refractivity contribution < 1.29 is 44.4 Å². The highest BCUT2D eigenvalue weighted by Gasteiger charge is 2.31. The summed E-state index contributed by atoms with van der Waals surface area (Å²) in [6.45, 7) is 3.59. The first kappa shape index (κ1) is 33.6. The van der Waals surface area contributed by atoms with Crippen LogP contribution in [0, 0.1) is 5.92 Å². The second kappa shape index (κ2) is 16.0. The van der Waals surface area contributed by atoms with E-state index in [-0.39, 0.29) is 36.7 Å². The minimum Gasteiger partial charge on any atom is -0.508 e. The summed E-state index contributed by atoms with van der Waals surface area (Å²) in [6, 6.07) is 6.53. The van der Waals surface area contributed by atoms with Crippen LogP contribution in [0.15, 0.2) is 48.5 Å². The van der Waals surface area contributed by atoms with Crippen molar-refractivity contribution in [3.05, 3.63) is 59.7 Å². The fraction of sp³-hybridized carbons (Fsp3) is 0.414. The zero-order valence-corrected chi connectivity index (χ0v) is 23.4. The highest BCUT2D eigenvalue weighted by molar-refractivity contribution is 5.94. The van der Waals surface area contributed by atoms with Gasteiger partial charge in [-0.25, -0.2) is 4.79 Å². The number of amides is 3. The van der Waals surface area contributed by atoms with Gasteiger partial charge in [-0.2, -0.15) is 0 Å². The summed E-state index contributed by atoms with van der Waals surface area (Å²) in [5, 5.41) is 45.4. The van der Waals surface area contributed by atoms with E-state index in [2.05, 4.69) is 16.0 Å². The summed E-state index contributed by atoms with van der Waals surface area (Å²) in [5.41, 5.74) is 7.02. The number of nitrogens with two attached hydrogens (primary N) is 1. The summed E-state index contributed by atoms with van der Waals surface area (Å²) >= 11 is 0. The molecule has 2 rings (SSSR count). The maximum Gasteiger partial charge on any atom is 0.326 e. The molecule has 13 nitrogen and oxygen atoms in total. The minimum atomic E-state index is -1.39. The van der Waals surface area contributed by atoms with Gasteiger partial charge in [0.25, 0.3) is 0 Å². The fourth-order valence-corrected chi connectivity index (χ4v) is 4.01. The maximum absolute atomic E-state index is 13.4. The zero-order chi connectivity index (χ0) is 31.4. The molecule has 9 N–H and O–H groups in total. The molecule has 2 aromatic rings. The molecule has 13 heteroatoms. The van der Waals surface area contributed by atoms with Crippen LogP contribution in [-0.4, -0.2) is 74.3 Å². The van der Waals surface area contributed by atoms with E-state index in [4.69, 9.17) is 10.8 Å². The lowest BCUT2D eigenvalue weighted by Gasteiger charge is -2.26. The Morgan fingerprint density at radius 3 is 1.60 bits per heavy atom. The Labute approximate surface area is 243 Å². The van der Waals surface area contributed by atoms with Crippen LogP contribution in [0.5, 0.6) is 11.5 Å². The smallest absolute Gasteiger partial charge is 0.326 e. The third kappa shape index (κ3) is 10.7. The van der Waals surface area contributed by atoms with Crippen molar-refractivity contribution in [2.75, 3.05) is 0 Å². The molecular weight excluding hydrogens is 548 g/mol. The standard InChI is InChI=1S/C29H38N4O9/c1-3-16(2)25(30)28(40)31-21(12-13-24(36)37)26(38)32-22(14-17-4-8-19(34)9-5-17)27(39)33-23(29(41)42)15-18-6-10-20(35)11-7-18/h4-11,16,21-23,25,34-35H,3,12-15,30H2,1-2H3,(H,31,40)(H,32,38)(H,33,39)(H,36,37)(H,41,42). The highest BCUT2D eigenvalue weighted by Crippen LogP contribution is 2.14. The van der Waals surface area contributed by atoms with Crippen molar-refractivity contribution in [2.24, 2.45) is 11.7 Å². The molecule has 0 aromatic heterocycles. The lowest BCUT2D eigenvalue weighted by Crippen LogP contribution is -2.58. The normalized spacial score (nSPS) is 14.5. The summed E-state index contributed by atoms with van der Waals surface area (Å²) in [5.74, 6) is -5.16. The number of hydrogen-bond acceptors (Lipinski definition) is 8. The molecule has 228 valence electrons. The highest BCUT2D eigenvalue weighted by atomic mass is 16.4. The number of carboxylic acids is 2. The monoisotopic (exact) mass is 586 g/mol. The Hall–Kier alpha value is -4.65. The number of nitrogens with one attached hydrogen (secondary N) is 3. The first-order valence-electron chi connectivity index (χ1n) is 13.5. The predicted octanol–water partition coefficient (Wildman–Crippen LogP) is 0.660. The van der Waals surface area contributed by atoms with Gasteiger partial charge >= 0.3 is 11.9 Å². The van der Waals surface area contributed by atoms with Gasteiger partial charge in [-0.15, -0.1) is 0 Å². The quantitative estimate of drug-likeness (QED) is 0.137. The molecule has 42 heavy (non-hydrogen) atoms. The number of aromatic hydroxyl groups is 2. The second-order valence-electron chi connectivity index (χ2n) is 10.1. The van der Waals surface area contributed by atoms with Crippen molar-refractivity contribution in [3.8, 4) is 11.5 Å². The van der Waals surface area contributed by atoms with Gasteiger partial charge in [0.1, 0.15) is 29.6 Å². The Balaban J connectivity index is 2.30. The van der Waals surface area contributed by atoms with Crippen LogP contribution >= 0.6 is 0 Å². The average Bonchev–Trinajstić information content (AvgIpc) is 2.95. The molecule has 5 unspecified atom stereocenters. The van der Waals surface area contributed by atoms with E-state index >= 15 is 0 Å². The van der Waals surface area contributed by atoms with Gasteiger partial charge in [-0.05, 0) is 47.7 Å². The Morgan fingerprint density at radius 2 is 1.14 bits per heavy atom. The largest absolute Gasteiger partial charge is 0.508 e. The van der Waals surface area contributed by atoms with E-state index < -0.39 is 60.2 Å². The fourth-order valence-electron chi connectivity index (χ4n) is 4.01. The van der Waals surface area contributed by atoms with Gasteiger partial charge < -0.3 is 42.1 Å². The summed E-state index contributed by atoms with van der Waals surface area (Å²) in [4.78, 5) is 62.6. The van der Waals surface area contributed by atoms with E-state index in [0.29, 0.717) is 17.5 Å². The molecule has 0 aliphatic heterocycles. The molecule has 3 amide bonds. The first-order valence-corrected chi connectivity index (χ1v) is 13.5. The lowest BCUT2D eigenvalue weighted by molar-refractivity contribution is -0.142. The van der Waals surface area contributed by atoms with Crippen LogP contribution in [0.1, 0.15) is 44.2 Å². The molecule has 2 aromatic carbocycles. The number of rotatable bonds is 16.